The lowest BCUT2D eigenvalue weighted by atomic mass is 9.99. The lowest BCUT2D eigenvalue weighted by molar-refractivity contribution is 0.137. The first-order valence-corrected chi connectivity index (χ1v) is 7.61. The van der Waals surface area contributed by atoms with E-state index >= 15 is 0 Å². The van der Waals surface area contributed by atoms with E-state index in [-0.39, 0.29) is 0 Å². The van der Waals surface area contributed by atoms with Crippen molar-refractivity contribution in [3.8, 4) is 0 Å². The van der Waals surface area contributed by atoms with Crippen molar-refractivity contribution < 1.29 is 4.74 Å². The summed E-state index contributed by atoms with van der Waals surface area (Å²) in [7, 11) is 1.78. The molecule has 0 saturated carbocycles. The Labute approximate surface area is 122 Å². The highest BCUT2D eigenvalue weighted by atomic mass is 16.5. The van der Waals surface area contributed by atoms with Gasteiger partial charge < -0.3 is 15.0 Å². The standard InChI is InChI=1S/C16H27N3O/c1-13(2)15(12-20-3)18-14-7-10-19(11-8-14)16-6-4-5-9-17-16/h4-6,9,13-15,18H,7-8,10-12H2,1-3H3. The van der Waals surface area contributed by atoms with Gasteiger partial charge in [0.1, 0.15) is 5.82 Å². The highest BCUT2D eigenvalue weighted by Crippen LogP contribution is 2.18. The van der Waals surface area contributed by atoms with Gasteiger partial charge in [-0.05, 0) is 30.9 Å². The first kappa shape index (κ1) is 15.3. The molecule has 0 aromatic carbocycles. The second-order valence-corrected chi connectivity index (χ2v) is 5.92. The highest BCUT2D eigenvalue weighted by Gasteiger charge is 2.23. The number of pyridine rings is 1. The summed E-state index contributed by atoms with van der Waals surface area (Å²) in [5.74, 6) is 1.70. The number of nitrogens with zero attached hydrogens (tertiary/aromatic N) is 2. The molecule has 1 aliphatic heterocycles. The molecule has 1 aliphatic rings. The fourth-order valence-corrected chi connectivity index (χ4v) is 2.73. The number of hydrogen-bond acceptors (Lipinski definition) is 4. The van der Waals surface area contributed by atoms with E-state index in [0.717, 1.165) is 25.5 Å². The van der Waals surface area contributed by atoms with Gasteiger partial charge in [-0.25, -0.2) is 4.98 Å². The molecule has 1 fully saturated rings. The van der Waals surface area contributed by atoms with E-state index in [1.165, 1.54) is 12.8 Å². The van der Waals surface area contributed by atoms with Crippen molar-refractivity contribution in [2.75, 3.05) is 31.7 Å². The summed E-state index contributed by atoms with van der Waals surface area (Å²) in [6, 6.07) is 7.16. The van der Waals surface area contributed by atoms with Crippen LogP contribution in [0.1, 0.15) is 26.7 Å². The van der Waals surface area contributed by atoms with Crippen LogP contribution in [0.25, 0.3) is 0 Å². The van der Waals surface area contributed by atoms with Crippen LogP contribution in [-0.4, -0.2) is 43.9 Å². The van der Waals surface area contributed by atoms with Gasteiger partial charge >= 0.3 is 0 Å². The van der Waals surface area contributed by atoms with Crippen LogP contribution in [0, 0.1) is 5.92 Å². The zero-order valence-electron chi connectivity index (χ0n) is 12.9. The first-order chi connectivity index (χ1) is 9.70. The Kier molecular flexibility index (Phi) is 5.80. The molecular formula is C16H27N3O. The van der Waals surface area contributed by atoms with Crippen LogP contribution in [0.2, 0.25) is 0 Å². The lowest BCUT2D eigenvalue weighted by Crippen LogP contribution is -2.49. The Morgan fingerprint density at radius 3 is 2.65 bits per heavy atom. The molecule has 0 spiro atoms. The van der Waals surface area contributed by atoms with Gasteiger partial charge in [0.2, 0.25) is 0 Å². The molecule has 1 atom stereocenters. The highest BCUT2D eigenvalue weighted by molar-refractivity contribution is 5.38. The zero-order chi connectivity index (χ0) is 14.4. The van der Waals surface area contributed by atoms with Gasteiger partial charge in [0, 0.05) is 38.5 Å². The Hall–Kier alpha value is -1.13. The van der Waals surface area contributed by atoms with Crippen molar-refractivity contribution in [2.45, 2.75) is 38.8 Å². The van der Waals surface area contributed by atoms with Crippen LogP contribution in [0.4, 0.5) is 5.82 Å². The van der Waals surface area contributed by atoms with Crippen molar-refractivity contribution in [3.05, 3.63) is 24.4 Å². The average molecular weight is 277 g/mol. The SMILES string of the molecule is COCC(NC1CCN(c2ccccn2)CC1)C(C)C. The zero-order valence-corrected chi connectivity index (χ0v) is 12.9. The summed E-state index contributed by atoms with van der Waals surface area (Å²) in [4.78, 5) is 6.81. The van der Waals surface area contributed by atoms with Crippen molar-refractivity contribution in [1.82, 2.24) is 10.3 Å². The summed E-state index contributed by atoms with van der Waals surface area (Å²) in [6.45, 7) is 7.44. The molecule has 0 aliphatic carbocycles. The average Bonchev–Trinajstić information content (AvgIpc) is 2.48. The van der Waals surface area contributed by atoms with E-state index in [1.807, 2.05) is 12.3 Å². The van der Waals surface area contributed by atoms with Gasteiger partial charge in [-0.3, -0.25) is 0 Å². The number of hydrogen-bond donors (Lipinski definition) is 1. The molecule has 0 radical (unpaired) electrons. The smallest absolute Gasteiger partial charge is 0.128 e. The fraction of sp³-hybridized carbons (Fsp3) is 0.688. The monoisotopic (exact) mass is 277 g/mol. The van der Waals surface area contributed by atoms with E-state index in [4.69, 9.17) is 4.74 Å². The number of aromatic nitrogens is 1. The Morgan fingerprint density at radius 2 is 2.10 bits per heavy atom. The molecular weight excluding hydrogens is 250 g/mol. The Bertz CT molecular complexity index is 375. The number of piperidine rings is 1. The van der Waals surface area contributed by atoms with Crippen molar-refractivity contribution >= 4 is 5.82 Å². The van der Waals surface area contributed by atoms with E-state index < -0.39 is 0 Å². The molecule has 4 nitrogen and oxygen atoms in total. The van der Waals surface area contributed by atoms with Crippen molar-refractivity contribution in [3.63, 3.8) is 0 Å². The molecule has 112 valence electrons. The molecule has 1 N–H and O–H groups in total. The fourth-order valence-electron chi connectivity index (χ4n) is 2.73. The topological polar surface area (TPSA) is 37.4 Å². The van der Waals surface area contributed by atoms with Gasteiger partial charge in [0.15, 0.2) is 0 Å². The number of rotatable bonds is 6. The molecule has 1 saturated heterocycles. The van der Waals surface area contributed by atoms with Crippen LogP contribution < -0.4 is 10.2 Å². The summed E-state index contributed by atoms with van der Waals surface area (Å²) >= 11 is 0. The molecule has 1 aromatic rings. The van der Waals surface area contributed by atoms with Crippen LogP contribution >= 0.6 is 0 Å². The number of methoxy groups -OCH3 is 1. The molecule has 0 bridgehead atoms. The minimum atomic E-state index is 0.450. The Morgan fingerprint density at radius 1 is 1.35 bits per heavy atom. The van der Waals surface area contributed by atoms with Crippen molar-refractivity contribution in [1.29, 1.82) is 0 Å². The summed E-state index contributed by atoms with van der Waals surface area (Å²) in [5, 5.41) is 3.76. The summed E-state index contributed by atoms with van der Waals surface area (Å²) in [5.41, 5.74) is 0. The van der Waals surface area contributed by atoms with Crippen LogP contribution in [0.15, 0.2) is 24.4 Å². The van der Waals surface area contributed by atoms with E-state index in [2.05, 4.69) is 41.2 Å². The molecule has 20 heavy (non-hydrogen) atoms. The van der Waals surface area contributed by atoms with E-state index in [9.17, 15) is 0 Å². The lowest BCUT2D eigenvalue weighted by Gasteiger charge is -2.36. The van der Waals surface area contributed by atoms with Gasteiger partial charge in [-0.15, -0.1) is 0 Å². The first-order valence-electron chi connectivity index (χ1n) is 7.61. The largest absolute Gasteiger partial charge is 0.383 e. The number of nitrogens with one attached hydrogen (secondary N) is 1. The van der Waals surface area contributed by atoms with Gasteiger partial charge in [-0.2, -0.15) is 0 Å². The molecule has 2 heterocycles. The molecule has 1 unspecified atom stereocenters. The second kappa shape index (κ2) is 7.60. The molecule has 0 amide bonds. The van der Waals surface area contributed by atoms with Crippen molar-refractivity contribution in [2.24, 2.45) is 5.92 Å². The van der Waals surface area contributed by atoms with E-state index in [0.29, 0.717) is 18.0 Å². The van der Waals surface area contributed by atoms with E-state index in [1.54, 1.807) is 7.11 Å². The third kappa shape index (κ3) is 4.18. The predicted octanol–water partition coefficient (Wildman–Crippen LogP) is 2.31. The maximum Gasteiger partial charge on any atom is 0.128 e. The maximum absolute atomic E-state index is 5.31. The minimum absolute atomic E-state index is 0.450. The number of anilines is 1. The molecule has 1 aromatic heterocycles. The third-order valence-corrected chi connectivity index (χ3v) is 4.07. The molecule has 4 heteroatoms. The summed E-state index contributed by atoms with van der Waals surface area (Å²) < 4.78 is 5.31. The van der Waals surface area contributed by atoms with Gasteiger partial charge in [-0.1, -0.05) is 19.9 Å². The summed E-state index contributed by atoms with van der Waals surface area (Å²) in [6.07, 6.45) is 4.21. The predicted molar refractivity (Wildman–Crippen MR) is 83.1 cm³/mol. The van der Waals surface area contributed by atoms with Gasteiger partial charge in [0.05, 0.1) is 6.61 Å². The molecule has 2 rings (SSSR count). The maximum atomic E-state index is 5.31. The normalized spacial score (nSPS) is 18.5. The van der Waals surface area contributed by atoms with Gasteiger partial charge in [0.25, 0.3) is 0 Å². The quantitative estimate of drug-likeness (QED) is 0.866. The van der Waals surface area contributed by atoms with Crippen LogP contribution in [0.5, 0.6) is 0 Å². The second-order valence-electron chi connectivity index (χ2n) is 5.92. The number of ether oxygens (including phenoxy) is 1. The minimum Gasteiger partial charge on any atom is -0.383 e. The Balaban J connectivity index is 1.82. The van der Waals surface area contributed by atoms with Crippen LogP contribution in [0.3, 0.4) is 0 Å². The van der Waals surface area contributed by atoms with Crippen LogP contribution in [-0.2, 0) is 4.74 Å². The third-order valence-electron chi connectivity index (χ3n) is 4.07.